The van der Waals surface area contributed by atoms with Gasteiger partial charge in [0.2, 0.25) is 0 Å². The van der Waals surface area contributed by atoms with Crippen molar-refractivity contribution in [1.29, 1.82) is 0 Å². The Bertz CT molecular complexity index is 459. The van der Waals surface area contributed by atoms with Gasteiger partial charge in [-0.25, -0.2) is 4.39 Å². The van der Waals surface area contributed by atoms with Gasteiger partial charge in [0.1, 0.15) is 18.1 Å². The van der Waals surface area contributed by atoms with Gasteiger partial charge in [-0.2, -0.15) is 0 Å². The summed E-state index contributed by atoms with van der Waals surface area (Å²) >= 11 is 0. The van der Waals surface area contributed by atoms with E-state index in [1.54, 1.807) is 0 Å². The maximum atomic E-state index is 12.7. The molecule has 5 nitrogen and oxygen atoms in total. The first-order chi connectivity index (χ1) is 9.38. The predicted molar refractivity (Wildman–Crippen MR) is 70.9 cm³/mol. The maximum Gasteiger partial charge on any atom is 0.323 e. The highest BCUT2D eigenvalue weighted by Gasteiger charge is 2.18. The number of halogens is 1. The van der Waals surface area contributed by atoms with Crippen molar-refractivity contribution < 1.29 is 23.8 Å². The van der Waals surface area contributed by atoms with E-state index in [-0.39, 0.29) is 19.1 Å². The van der Waals surface area contributed by atoms with Gasteiger partial charge in [0.25, 0.3) is 5.91 Å². The summed E-state index contributed by atoms with van der Waals surface area (Å²) in [6.45, 7) is 3.50. The number of aliphatic carboxylic acids is 1. The second-order valence-corrected chi connectivity index (χ2v) is 4.80. The number of nitrogens with zero attached hydrogens (tertiary/aromatic N) is 1. The number of amides is 1. The highest BCUT2D eigenvalue weighted by molar-refractivity contribution is 5.82. The molecule has 0 aliphatic rings. The Morgan fingerprint density at radius 2 is 1.90 bits per heavy atom. The third kappa shape index (κ3) is 5.69. The quantitative estimate of drug-likeness (QED) is 0.828. The average Bonchev–Trinajstić information content (AvgIpc) is 2.36. The van der Waals surface area contributed by atoms with Crippen molar-refractivity contribution in [2.75, 3.05) is 19.7 Å². The summed E-state index contributed by atoms with van der Waals surface area (Å²) in [6, 6.07) is 5.27. The van der Waals surface area contributed by atoms with E-state index in [2.05, 4.69) is 0 Å². The molecule has 1 aromatic rings. The molecule has 0 aliphatic carbocycles. The molecular weight excluding hydrogens is 265 g/mol. The van der Waals surface area contributed by atoms with Crippen LogP contribution in [0.15, 0.2) is 24.3 Å². The van der Waals surface area contributed by atoms with E-state index in [0.717, 1.165) is 0 Å². The number of carbonyl (C=O) groups is 2. The molecule has 0 unspecified atom stereocenters. The van der Waals surface area contributed by atoms with Crippen LogP contribution in [0.25, 0.3) is 0 Å². The molecule has 0 atom stereocenters. The van der Waals surface area contributed by atoms with E-state index >= 15 is 0 Å². The fourth-order valence-electron chi connectivity index (χ4n) is 1.63. The molecule has 110 valence electrons. The van der Waals surface area contributed by atoms with Gasteiger partial charge >= 0.3 is 5.97 Å². The van der Waals surface area contributed by atoms with Crippen LogP contribution in [-0.2, 0) is 9.59 Å². The Balaban J connectivity index is 2.56. The van der Waals surface area contributed by atoms with E-state index < -0.39 is 17.7 Å². The van der Waals surface area contributed by atoms with Crippen LogP contribution in [-0.4, -0.2) is 41.6 Å². The Hall–Kier alpha value is -2.11. The number of ether oxygens (including phenoxy) is 1. The minimum absolute atomic E-state index is 0.157. The number of rotatable bonds is 7. The molecule has 1 aromatic carbocycles. The van der Waals surface area contributed by atoms with Gasteiger partial charge < -0.3 is 14.7 Å². The summed E-state index contributed by atoms with van der Waals surface area (Å²) in [6.07, 6.45) is 0. The molecule has 20 heavy (non-hydrogen) atoms. The van der Waals surface area contributed by atoms with Crippen LogP contribution in [0.1, 0.15) is 13.8 Å². The zero-order chi connectivity index (χ0) is 15.1. The van der Waals surface area contributed by atoms with Crippen LogP contribution in [0, 0.1) is 11.7 Å². The third-order valence-electron chi connectivity index (χ3n) is 2.44. The molecule has 0 aromatic heterocycles. The Kier molecular flexibility index (Phi) is 5.96. The molecule has 1 N–H and O–H groups in total. The Morgan fingerprint density at radius 1 is 1.30 bits per heavy atom. The number of carbonyl (C=O) groups excluding carboxylic acids is 1. The summed E-state index contributed by atoms with van der Waals surface area (Å²) in [7, 11) is 0. The van der Waals surface area contributed by atoms with Gasteiger partial charge in [-0.1, -0.05) is 13.8 Å². The average molecular weight is 283 g/mol. The molecule has 0 heterocycles. The fraction of sp³-hybridized carbons (Fsp3) is 0.429. The van der Waals surface area contributed by atoms with Gasteiger partial charge in [0, 0.05) is 6.54 Å². The lowest BCUT2D eigenvalue weighted by molar-refractivity contribution is -0.145. The molecule has 1 amide bonds. The van der Waals surface area contributed by atoms with E-state index in [0.29, 0.717) is 12.3 Å². The lowest BCUT2D eigenvalue weighted by Gasteiger charge is -2.22. The van der Waals surface area contributed by atoms with Crippen LogP contribution in [0.4, 0.5) is 4.39 Å². The molecule has 6 heteroatoms. The lowest BCUT2D eigenvalue weighted by Crippen LogP contribution is -2.40. The van der Waals surface area contributed by atoms with Gasteiger partial charge in [-0.3, -0.25) is 9.59 Å². The van der Waals surface area contributed by atoms with Crippen molar-refractivity contribution in [3.8, 4) is 5.75 Å². The predicted octanol–water partition coefficient (Wildman–Crippen LogP) is 1.77. The van der Waals surface area contributed by atoms with Crippen molar-refractivity contribution >= 4 is 11.9 Å². The zero-order valence-electron chi connectivity index (χ0n) is 11.5. The van der Waals surface area contributed by atoms with E-state index in [1.807, 2.05) is 13.8 Å². The minimum atomic E-state index is -1.07. The van der Waals surface area contributed by atoms with Crippen molar-refractivity contribution in [2.45, 2.75) is 13.8 Å². The van der Waals surface area contributed by atoms with E-state index in [1.165, 1.54) is 29.2 Å². The maximum absolute atomic E-state index is 12.7. The van der Waals surface area contributed by atoms with Crippen molar-refractivity contribution in [3.05, 3.63) is 30.1 Å². The van der Waals surface area contributed by atoms with Crippen LogP contribution < -0.4 is 4.74 Å². The number of carboxylic acids is 1. The van der Waals surface area contributed by atoms with Gasteiger partial charge in [-0.05, 0) is 30.2 Å². The van der Waals surface area contributed by atoms with Gasteiger partial charge in [0.05, 0.1) is 0 Å². The van der Waals surface area contributed by atoms with Gasteiger partial charge in [0.15, 0.2) is 6.61 Å². The summed E-state index contributed by atoms with van der Waals surface area (Å²) < 4.78 is 17.9. The molecular formula is C14H18FNO4. The second kappa shape index (κ2) is 7.47. The van der Waals surface area contributed by atoms with Crippen molar-refractivity contribution in [1.82, 2.24) is 4.90 Å². The Morgan fingerprint density at radius 3 is 2.40 bits per heavy atom. The van der Waals surface area contributed by atoms with Crippen LogP contribution in [0.5, 0.6) is 5.75 Å². The molecule has 0 aliphatic heterocycles. The number of hydrogen-bond donors (Lipinski definition) is 1. The first kappa shape index (κ1) is 15.9. The van der Waals surface area contributed by atoms with Crippen LogP contribution >= 0.6 is 0 Å². The lowest BCUT2D eigenvalue weighted by atomic mass is 10.2. The fourth-order valence-corrected chi connectivity index (χ4v) is 1.63. The highest BCUT2D eigenvalue weighted by atomic mass is 19.1. The molecule has 0 spiro atoms. The first-order valence-electron chi connectivity index (χ1n) is 6.26. The van der Waals surface area contributed by atoms with Crippen LogP contribution in [0.3, 0.4) is 0 Å². The van der Waals surface area contributed by atoms with Crippen molar-refractivity contribution in [3.63, 3.8) is 0 Å². The molecule has 0 fully saturated rings. The molecule has 0 saturated carbocycles. The molecule has 0 bridgehead atoms. The monoisotopic (exact) mass is 283 g/mol. The van der Waals surface area contributed by atoms with E-state index in [9.17, 15) is 14.0 Å². The second-order valence-electron chi connectivity index (χ2n) is 4.80. The zero-order valence-corrected chi connectivity index (χ0v) is 11.5. The largest absolute Gasteiger partial charge is 0.484 e. The molecule has 1 rings (SSSR count). The molecule has 0 radical (unpaired) electrons. The topological polar surface area (TPSA) is 66.8 Å². The Labute approximate surface area is 117 Å². The third-order valence-corrected chi connectivity index (χ3v) is 2.44. The normalized spacial score (nSPS) is 10.4. The first-order valence-corrected chi connectivity index (χ1v) is 6.26. The van der Waals surface area contributed by atoms with Crippen LogP contribution in [0.2, 0.25) is 0 Å². The SMILES string of the molecule is CC(C)CN(CC(=O)O)C(=O)COc1ccc(F)cc1. The van der Waals surface area contributed by atoms with E-state index in [4.69, 9.17) is 9.84 Å². The molecule has 0 saturated heterocycles. The minimum Gasteiger partial charge on any atom is -0.484 e. The number of hydrogen-bond acceptors (Lipinski definition) is 3. The number of carboxylic acid groups (broad SMARTS) is 1. The summed E-state index contributed by atoms with van der Waals surface area (Å²) in [5, 5.41) is 8.79. The van der Waals surface area contributed by atoms with Gasteiger partial charge in [-0.15, -0.1) is 0 Å². The van der Waals surface area contributed by atoms with Crippen molar-refractivity contribution in [2.24, 2.45) is 5.92 Å². The summed E-state index contributed by atoms with van der Waals surface area (Å²) in [5.74, 6) is -1.36. The summed E-state index contributed by atoms with van der Waals surface area (Å²) in [4.78, 5) is 23.9. The number of benzene rings is 1. The standard InChI is InChI=1S/C14H18FNO4/c1-10(2)7-16(8-14(18)19)13(17)9-20-12-5-3-11(15)4-6-12/h3-6,10H,7-9H2,1-2H3,(H,18,19). The smallest absolute Gasteiger partial charge is 0.323 e. The summed E-state index contributed by atoms with van der Waals surface area (Å²) in [5.41, 5.74) is 0. The highest BCUT2D eigenvalue weighted by Crippen LogP contribution is 2.11.